The summed E-state index contributed by atoms with van der Waals surface area (Å²) in [7, 11) is 0. The maximum absolute atomic E-state index is 10.7. The van der Waals surface area contributed by atoms with Crippen molar-refractivity contribution in [3.63, 3.8) is 0 Å². The lowest BCUT2D eigenvalue weighted by Gasteiger charge is -2.16. The first-order valence-electron chi connectivity index (χ1n) is 4.98. The topological polar surface area (TPSA) is 37.3 Å². The van der Waals surface area contributed by atoms with Gasteiger partial charge in [-0.2, -0.15) is 0 Å². The third kappa shape index (κ3) is 2.67. The van der Waals surface area contributed by atoms with E-state index < -0.39 is 6.10 Å². The lowest BCUT2D eigenvalue weighted by molar-refractivity contribution is -0.114. The van der Waals surface area contributed by atoms with Gasteiger partial charge in [-0.3, -0.25) is 0 Å². The molecule has 0 aliphatic rings. The second-order valence-electron chi connectivity index (χ2n) is 3.44. The molecule has 0 unspecified atom stereocenters. The quantitative estimate of drug-likeness (QED) is 0.727. The highest BCUT2D eigenvalue weighted by atomic mass is 16.3. The molecule has 0 bridgehead atoms. The zero-order valence-electron chi connectivity index (χ0n) is 8.39. The Morgan fingerprint density at radius 2 is 2.00 bits per heavy atom. The van der Waals surface area contributed by atoms with Gasteiger partial charge in [0.1, 0.15) is 6.29 Å². The Morgan fingerprint density at radius 3 is 2.50 bits per heavy atom. The Labute approximate surface area is 84.6 Å². The van der Waals surface area contributed by atoms with Crippen LogP contribution in [-0.2, 0) is 4.79 Å². The molecule has 0 fully saturated rings. The molecule has 1 N–H and O–H groups in total. The highest BCUT2D eigenvalue weighted by molar-refractivity contribution is 5.55. The van der Waals surface area contributed by atoms with Crippen molar-refractivity contribution in [3.05, 3.63) is 35.9 Å². The standard InChI is InChI=1S/C12H16O2/c1-2-6-11(9-13)12(14)10-7-4-3-5-8-10/h3-5,7-9,11-12,14H,2,6H2,1H3/t11-,12-/m1/s1. The van der Waals surface area contributed by atoms with E-state index >= 15 is 0 Å². The van der Waals surface area contributed by atoms with Gasteiger partial charge < -0.3 is 9.90 Å². The lowest BCUT2D eigenvalue weighted by atomic mass is 9.93. The van der Waals surface area contributed by atoms with Crippen LogP contribution < -0.4 is 0 Å². The summed E-state index contributed by atoms with van der Waals surface area (Å²) in [5, 5.41) is 9.88. The van der Waals surface area contributed by atoms with Gasteiger partial charge in [-0.25, -0.2) is 0 Å². The van der Waals surface area contributed by atoms with E-state index in [0.29, 0.717) is 0 Å². The van der Waals surface area contributed by atoms with Gasteiger partial charge in [-0.15, -0.1) is 0 Å². The van der Waals surface area contributed by atoms with Crippen LogP contribution in [0.4, 0.5) is 0 Å². The van der Waals surface area contributed by atoms with E-state index in [1.54, 1.807) is 0 Å². The Kier molecular flexibility index (Phi) is 4.33. The fraction of sp³-hybridized carbons (Fsp3) is 0.417. The second-order valence-corrected chi connectivity index (χ2v) is 3.44. The molecule has 0 aliphatic heterocycles. The van der Waals surface area contributed by atoms with Crippen molar-refractivity contribution in [1.29, 1.82) is 0 Å². The summed E-state index contributed by atoms with van der Waals surface area (Å²) in [4.78, 5) is 10.7. The molecule has 1 aromatic rings. The minimum atomic E-state index is -0.659. The lowest BCUT2D eigenvalue weighted by Crippen LogP contribution is -2.13. The third-order valence-electron chi connectivity index (χ3n) is 2.34. The maximum atomic E-state index is 10.7. The summed E-state index contributed by atoms with van der Waals surface area (Å²) in [6.45, 7) is 2.01. The van der Waals surface area contributed by atoms with Gasteiger partial charge >= 0.3 is 0 Å². The Bertz CT molecular complexity index is 269. The van der Waals surface area contributed by atoms with E-state index in [0.717, 1.165) is 24.7 Å². The molecule has 76 valence electrons. The fourth-order valence-corrected chi connectivity index (χ4v) is 1.53. The number of aliphatic hydroxyl groups is 1. The maximum Gasteiger partial charge on any atom is 0.126 e. The molecule has 0 saturated carbocycles. The molecule has 0 aromatic heterocycles. The van der Waals surface area contributed by atoms with Gasteiger partial charge in [-0.05, 0) is 12.0 Å². The Hall–Kier alpha value is -1.15. The van der Waals surface area contributed by atoms with E-state index in [1.165, 1.54) is 0 Å². The summed E-state index contributed by atoms with van der Waals surface area (Å²) in [6.07, 6.45) is 1.84. The minimum absolute atomic E-state index is 0.276. The molecule has 0 aliphatic carbocycles. The van der Waals surface area contributed by atoms with E-state index in [-0.39, 0.29) is 5.92 Å². The molecular formula is C12H16O2. The van der Waals surface area contributed by atoms with Crippen LogP contribution in [0.25, 0.3) is 0 Å². The van der Waals surface area contributed by atoms with Crippen LogP contribution >= 0.6 is 0 Å². The van der Waals surface area contributed by atoms with Crippen molar-refractivity contribution in [3.8, 4) is 0 Å². The summed E-state index contributed by atoms with van der Waals surface area (Å²) in [6, 6.07) is 9.32. The first kappa shape index (κ1) is 10.9. The number of aliphatic hydroxyl groups excluding tert-OH is 1. The summed E-state index contributed by atoms with van der Waals surface area (Å²) >= 11 is 0. The van der Waals surface area contributed by atoms with Crippen molar-refractivity contribution in [2.45, 2.75) is 25.9 Å². The SMILES string of the molecule is CCC[C@H](C=O)[C@H](O)c1ccccc1. The predicted octanol–water partition coefficient (Wildman–Crippen LogP) is 2.34. The normalized spacial score (nSPS) is 14.7. The third-order valence-corrected chi connectivity index (χ3v) is 2.34. The summed E-state index contributed by atoms with van der Waals surface area (Å²) in [5.74, 6) is -0.276. The number of carbonyl (C=O) groups is 1. The zero-order valence-corrected chi connectivity index (χ0v) is 8.39. The van der Waals surface area contributed by atoms with E-state index in [9.17, 15) is 9.90 Å². The van der Waals surface area contributed by atoms with Crippen LogP contribution in [0, 0.1) is 5.92 Å². The molecule has 1 aromatic carbocycles. The predicted molar refractivity (Wildman–Crippen MR) is 55.9 cm³/mol. The van der Waals surface area contributed by atoms with Crippen molar-refractivity contribution in [2.24, 2.45) is 5.92 Å². The number of carbonyl (C=O) groups excluding carboxylic acids is 1. The average Bonchev–Trinajstić information content (AvgIpc) is 2.26. The van der Waals surface area contributed by atoms with Crippen LogP contribution in [0.15, 0.2) is 30.3 Å². The Morgan fingerprint density at radius 1 is 1.36 bits per heavy atom. The Balaban J connectivity index is 2.72. The summed E-state index contributed by atoms with van der Waals surface area (Å²) in [5.41, 5.74) is 0.818. The molecule has 0 amide bonds. The number of aldehydes is 1. The molecule has 14 heavy (non-hydrogen) atoms. The van der Waals surface area contributed by atoms with Gasteiger partial charge in [0.25, 0.3) is 0 Å². The van der Waals surface area contributed by atoms with Gasteiger partial charge in [0.15, 0.2) is 0 Å². The molecule has 1 rings (SSSR count). The van der Waals surface area contributed by atoms with Gasteiger partial charge in [-0.1, -0.05) is 43.7 Å². The fourth-order valence-electron chi connectivity index (χ4n) is 1.53. The number of hydrogen-bond acceptors (Lipinski definition) is 2. The van der Waals surface area contributed by atoms with Gasteiger partial charge in [0.2, 0.25) is 0 Å². The number of hydrogen-bond donors (Lipinski definition) is 1. The highest BCUT2D eigenvalue weighted by Crippen LogP contribution is 2.23. The van der Waals surface area contributed by atoms with Crippen molar-refractivity contribution in [1.82, 2.24) is 0 Å². The molecule has 0 heterocycles. The van der Waals surface area contributed by atoms with Crippen LogP contribution in [0.5, 0.6) is 0 Å². The van der Waals surface area contributed by atoms with E-state index in [1.807, 2.05) is 37.3 Å². The van der Waals surface area contributed by atoms with Crippen LogP contribution in [0.2, 0.25) is 0 Å². The molecule has 0 spiro atoms. The molecule has 2 heteroatoms. The first-order valence-corrected chi connectivity index (χ1v) is 4.98. The number of rotatable bonds is 5. The molecular weight excluding hydrogens is 176 g/mol. The molecule has 2 atom stereocenters. The second kappa shape index (κ2) is 5.55. The number of benzene rings is 1. The smallest absolute Gasteiger partial charge is 0.126 e. The molecule has 0 radical (unpaired) electrons. The summed E-state index contributed by atoms with van der Waals surface area (Å²) < 4.78 is 0. The molecule has 0 saturated heterocycles. The molecule has 2 nitrogen and oxygen atoms in total. The van der Waals surface area contributed by atoms with Crippen LogP contribution in [0.1, 0.15) is 31.4 Å². The van der Waals surface area contributed by atoms with Crippen molar-refractivity contribution < 1.29 is 9.90 Å². The van der Waals surface area contributed by atoms with E-state index in [4.69, 9.17) is 0 Å². The van der Waals surface area contributed by atoms with Crippen LogP contribution in [0.3, 0.4) is 0 Å². The average molecular weight is 192 g/mol. The van der Waals surface area contributed by atoms with Crippen molar-refractivity contribution in [2.75, 3.05) is 0 Å². The zero-order chi connectivity index (χ0) is 10.4. The van der Waals surface area contributed by atoms with Gasteiger partial charge in [0, 0.05) is 5.92 Å². The van der Waals surface area contributed by atoms with Crippen molar-refractivity contribution >= 4 is 6.29 Å². The minimum Gasteiger partial charge on any atom is -0.388 e. The van der Waals surface area contributed by atoms with Gasteiger partial charge in [0.05, 0.1) is 6.10 Å². The first-order chi connectivity index (χ1) is 6.79. The van der Waals surface area contributed by atoms with Crippen LogP contribution in [-0.4, -0.2) is 11.4 Å². The monoisotopic (exact) mass is 192 g/mol. The largest absolute Gasteiger partial charge is 0.388 e. The highest BCUT2D eigenvalue weighted by Gasteiger charge is 2.18. The van der Waals surface area contributed by atoms with E-state index in [2.05, 4.69) is 0 Å².